The highest BCUT2D eigenvalue weighted by Crippen LogP contribution is 2.35. The predicted octanol–water partition coefficient (Wildman–Crippen LogP) is 6.97. The Hall–Kier alpha value is -4.45. The summed E-state index contributed by atoms with van der Waals surface area (Å²) >= 11 is 17.9. The normalized spacial score (nSPS) is 20.4. The smallest absolute Gasteiger partial charge is 0.338 e. The fourth-order valence-corrected chi connectivity index (χ4v) is 5.00. The average molecular weight is 727 g/mol. The first-order chi connectivity index (χ1) is 23.6. The van der Waals surface area contributed by atoms with E-state index >= 15 is 0 Å². The van der Waals surface area contributed by atoms with Crippen molar-refractivity contribution in [2.24, 2.45) is 0 Å². The molecule has 0 bridgehead atoms. The molecule has 5 rings (SSSR count). The SMILES string of the molecule is N=C(OC1OC(COC(=O)c2ccccc2)[C@@H](OC(=O)c2ccccc2)[C@@H](OCc2ccccc2)C1OC(=O)c1ccccc1)C(Cl)(Cl)Cl. The van der Waals surface area contributed by atoms with Gasteiger partial charge >= 0.3 is 17.9 Å². The van der Waals surface area contributed by atoms with E-state index in [2.05, 4.69) is 0 Å². The van der Waals surface area contributed by atoms with Gasteiger partial charge in [0.1, 0.15) is 18.8 Å². The number of esters is 3. The molecule has 1 aliphatic heterocycles. The van der Waals surface area contributed by atoms with Crippen LogP contribution in [0.3, 0.4) is 0 Å². The van der Waals surface area contributed by atoms with Crippen LogP contribution in [-0.2, 0) is 35.0 Å². The number of hydrogen-bond donors (Lipinski definition) is 1. The van der Waals surface area contributed by atoms with Crippen molar-refractivity contribution in [3.63, 3.8) is 0 Å². The molecule has 13 heteroatoms. The highest BCUT2D eigenvalue weighted by Gasteiger charge is 2.53. The van der Waals surface area contributed by atoms with Crippen LogP contribution >= 0.6 is 34.8 Å². The van der Waals surface area contributed by atoms with Crippen LogP contribution in [0.15, 0.2) is 121 Å². The molecular formula is C36H30Cl3NO9. The summed E-state index contributed by atoms with van der Waals surface area (Å²) < 4.78 is 33.4. The lowest BCUT2D eigenvalue weighted by atomic mass is 9.97. The number of nitrogens with one attached hydrogen (secondary N) is 1. The molecule has 0 radical (unpaired) electrons. The summed E-state index contributed by atoms with van der Waals surface area (Å²) in [5, 5.41) is 8.29. The zero-order chi connectivity index (χ0) is 34.8. The van der Waals surface area contributed by atoms with Crippen LogP contribution in [-0.4, -0.2) is 64.9 Å². The molecule has 10 nitrogen and oxygen atoms in total. The largest absolute Gasteiger partial charge is 0.459 e. The van der Waals surface area contributed by atoms with Gasteiger partial charge in [-0.05, 0) is 42.0 Å². The molecule has 5 atom stereocenters. The molecule has 0 aliphatic carbocycles. The molecule has 0 spiro atoms. The molecule has 0 aromatic heterocycles. The molecular weight excluding hydrogens is 697 g/mol. The summed E-state index contributed by atoms with van der Waals surface area (Å²) in [5.41, 5.74) is 1.37. The summed E-state index contributed by atoms with van der Waals surface area (Å²) in [6.45, 7) is -0.526. The third kappa shape index (κ3) is 9.81. The Balaban J connectivity index is 1.54. The van der Waals surface area contributed by atoms with E-state index in [-0.39, 0.29) is 23.3 Å². The number of halogens is 3. The van der Waals surface area contributed by atoms with Crippen molar-refractivity contribution in [2.45, 2.75) is 41.1 Å². The minimum absolute atomic E-state index is 0.0462. The van der Waals surface area contributed by atoms with Crippen molar-refractivity contribution in [1.82, 2.24) is 0 Å². The third-order valence-electron chi connectivity index (χ3n) is 7.26. The van der Waals surface area contributed by atoms with Gasteiger partial charge in [0.25, 0.3) is 3.79 Å². The summed E-state index contributed by atoms with van der Waals surface area (Å²) in [6.07, 6.45) is -7.17. The lowest BCUT2D eigenvalue weighted by molar-refractivity contribution is -0.289. The monoisotopic (exact) mass is 725 g/mol. The number of carbonyl (C=O) groups is 3. The Bertz CT molecular complexity index is 1710. The van der Waals surface area contributed by atoms with Crippen molar-refractivity contribution in [1.29, 1.82) is 5.41 Å². The third-order valence-corrected chi connectivity index (χ3v) is 7.78. The van der Waals surface area contributed by atoms with E-state index < -0.39 is 64.9 Å². The zero-order valence-electron chi connectivity index (χ0n) is 25.7. The first-order valence-corrected chi connectivity index (χ1v) is 16.1. The molecule has 4 aromatic carbocycles. The second-order valence-electron chi connectivity index (χ2n) is 10.7. The van der Waals surface area contributed by atoms with E-state index in [1.54, 1.807) is 91.0 Å². The van der Waals surface area contributed by atoms with Crippen molar-refractivity contribution in [3.05, 3.63) is 144 Å². The van der Waals surface area contributed by atoms with Crippen LogP contribution < -0.4 is 0 Å². The number of alkyl halides is 3. The summed E-state index contributed by atoms with van der Waals surface area (Å²) in [4.78, 5) is 40.0. The number of rotatable bonds is 11. The van der Waals surface area contributed by atoms with Gasteiger partial charge in [0.2, 0.25) is 12.2 Å². The van der Waals surface area contributed by atoms with Gasteiger partial charge in [-0.2, -0.15) is 0 Å². The predicted molar refractivity (Wildman–Crippen MR) is 181 cm³/mol. The first-order valence-electron chi connectivity index (χ1n) is 15.0. The summed E-state index contributed by atoms with van der Waals surface area (Å²) in [6, 6.07) is 33.5. The Morgan fingerprint density at radius 3 is 1.55 bits per heavy atom. The average Bonchev–Trinajstić information content (AvgIpc) is 3.12. The number of carbonyl (C=O) groups excluding carboxylic acids is 3. The molecule has 1 fully saturated rings. The standard InChI is InChI=1S/C36H30Cl3NO9/c37-36(38,39)35(40)49-34-30(48-33(43)26-19-11-4-12-20-26)29(44-21-23-13-5-1-6-14-23)28(47-32(42)25-17-9-3-10-18-25)27(46-34)22-45-31(41)24-15-7-2-8-16-24/h1-20,27-30,34,40H,21-22H2/t27?,28-,29-,30?,34?/m1/s1. The fourth-order valence-electron chi connectivity index (χ4n) is 4.86. The minimum atomic E-state index is -2.33. The fraction of sp³-hybridized carbons (Fsp3) is 0.222. The Morgan fingerprint density at radius 1 is 0.612 bits per heavy atom. The number of ether oxygens (including phenoxy) is 6. The number of benzene rings is 4. The second-order valence-corrected chi connectivity index (χ2v) is 13.0. The highest BCUT2D eigenvalue weighted by atomic mass is 35.6. The first kappa shape index (κ1) is 35.8. The lowest BCUT2D eigenvalue weighted by Crippen LogP contribution is -2.63. The van der Waals surface area contributed by atoms with E-state index in [4.69, 9.17) is 68.6 Å². The van der Waals surface area contributed by atoms with E-state index in [0.29, 0.717) is 0 Å². The van der Waals surface area contributed by atoms with Crippen LogP contribution in [0.5, 0.6) is 0 Å². The maximum Gasteiger partial charge on any atom is 0.338 e. The summed E-state index contributed by atoms with van der Waals surface area (Å²) in [7, 11) is 0. The van der Waals surface area contributed by atoms with Crippen molar-refractivity contribution >= 4 is 58.6 Å². The van der Waals surface area contributed by atoms with Crippen LogP contribution in [0, 0.1) is 5.41 Å². The zero-order valence-corrected chi connectivity index (χ0v) is 27.9. The van der Waals surface area contributed by atoms with E-state index in [0.717, 1.165) is 5.56 Å². The van der Waals surface area contributed by atoms with Gasteiger partial charge in [0.05, 0.1) is 23.3 Å². The molecule has 254 valence electrons. The topological polar surface area (TPSA) is 130 Å². The highest BCUT2D eigenvalue weighted by molar-refractivity contribution is 6.76. The maximum absolute atomic E-state index is 13.5. The van der Waals surface area contributed by atoms with Gasteiger partial charge < -0.3 is 28.4 Å². The second kappa shape index (κ2) is 16.8. The van der Waals surface area contributed by atoms with Gasteiger partial charge in [-0.3, -0.25) is 5.41 Å². The molecule has 0 saturated carbocycles. The van der Waals surface area contributed by atoms with Gasteiger partial charge in [-0.25, -0.2) is 14.4 Å². The molecule has 1 heterocycles. The molecule has 1 aliphatic rings. The Kier molecular flexibility index (Phi) is 12.3. The minimum Gasteiger partial charge on any atom is -0.459 e. The molecule has 3 unspecified atom stereocenters. The van der Waals surface area contributed by atoms with E-state index in [1.165, 1.54) is 12.1 Å². The van der Waals surface area contributed by atoms with Crippen LogP contribution in [0.1, 0.15) is 36.6 Å². The maximum atomic E-state index is 13.5. The van der Waals surface area contributed by atoms with Crippen LogP contribution in [0.2, 0.25) is 0 Å². The number of hydrogen-bond acceptors (Lipinski definition) is 10. The lowest BCUT2D eigenvalue weighted by Gasteiger charge is -2.44. The van der Waals surface area contributed by atoms with E-state index in [9.17, 15) is 14.4 Å². The molecule has 49 heavy (non-hydrogen) atoms. The van der Waals surface area contributed by atoms with Gasteiger partial charge in [-0.15, -0.1) is 0 Å². The van der Waals surface area contributed by atoms with Crippen molar-refractivity contribution in [2.75, 3.05) is 6.61 Å². The summed E-state index contributed by atoms with van der Waals surface area (Å²) in [5.74, 6) is -3.12. The Labute approximate surface area is 297 Å². The van der Waals surface area contributed by atoms with Crippen molar-refractivity contribution < 1.29 is 42.8 Å². The molecule has 0 amide bonds. The Morgan fingerprint density at radius 2 is 1.06 bits per heavy atom. The van der Waals surface area contributed by atoms with Crippen LogP contribution in [0.25, 0.3) is 0 Å². The molecule has 1 N–H and O–H groups in total. The van der Waals surface area contributed by atoms with Crippen LogP contribution in [0.4, 0.5) is 0 Å². The quantitative estimate of drug-likeness (QED) is 0.0573. The molecule has 4 aromatic rings. The van der Waals surface area contributed by atoms with Crippen molar-refractivity contribution in [3.8, 4) is 0 Å². The van der Waals surface area contributed by atoms with Gasteiger partial charge in [0.15, 0.2) is 12.2 Å². The molecule has 1 saturated heterocycles. The van der Waals surface area contributed by atoms with Gasteiger partial charge in [-0.1, -0.05) is 120 Å². The van der Waals surface area contributed by atoms with E-state index in [1.807, 2.05) is 18.2 Å². The van der Waals surface area contributed by atoms with Gasteiger partial charge in [0, 0.05) is 0 Å².